The van der Waals surface area contributed by atoms with E-state index in [2.05, 4.69) is 5.32 Å². The number of nitrogens with one attached hydrogen (secondary N) is 1. The first kappa shape index (κ1) is 31.7. The van der Waals surface area contributed by atoms with Crippen LogP contribution in [0.4, 0.5) is 5.69 Å². The molecule has 1 unspecified atom stereocenters. The lowest BCUT2D eigenvalue weighted by molar-refractivity contribution is -0.140. The molecule has 1 N–H and O–H groups in total. The Bertz CT molecular complexity index is 1400. The second-order valence-electron chi connectivity index (χ2n) is 11.1. The van der Waals surface area contributed by atoms with Crippen molar-refractivity contribution in [2.45, 2.75) is 59.2 Å². The Balaban J connectivity index is 2.04. The van der Waals surface area contributed by atoms with Crippen LogP contribution in [0.2, 0.25) is 0 Å². The molecular weight excluding hydrogens is 538 g/mol. The first-order chi connectivity index (χ1) is 19.3. The molecule has 3 rings (SSSR count). The molecule has 0 heterocycles. The van der Waals surface area contributed by atoms with Crippen LogP contribution in [-0.4, -0.2) is 56.1 Å². The minimum atomic E-state index is -3.84. The predicted octanol–water partition coefficient (Wildman–Crippen LogP) is 4.71. The summed E-state index contributed by atoms with van der Waals surface area (Å²) in [5.41, 5.74) is 2.58. The largest absolute Gasteiger partial charge is 0.494 e. The molecule has 0 aromatic heterocycles. The fraction of sp³-hybridized carbons (Fsp3) is 0.375. The van der Waals surface area contributed by atoms with E-state index in [1.807, 2.05) is 89.2 Å². The molecule has 0 spiro atoms. The normalized spacial score (nSPS) is 12.3. The van der Waals surface area contributed by atoms with E-state index in [1.165, 1.54) is 4.90 Å². The zero-order chi connectivity index (χ0) is 30.2. The van der Waals surface area contributed by atoms with Crippen LogP contribution in [-0.2, 0) is 32.6 Å². The fourth-order valence-electron chi connectivity index (χ4n) is 4.39. The summed E-state index contributed by atoms with van der Waals surface area (Å²) in [5, 5.41) is 3.02. The van der Waals surface area contributed by atoms with E-state index in [-0.39, 0.29) is 18.9 Å². The van der Waals surface area contributed by atoms with Gasteiger partial charge in [-0.25, -0.2) is 8.42 Å². The molecule has 3 aromatic carbocycles. The topological polar surface area (TPSA) is 96.0 Å². The molecule has 0 saturated carbocycles. The van der Waals surface area contributed by atoms with Crippen molar-refractivity contribution in [2.75, 3.05) is 23.7 Å². The van der Waals surface area contributed by atoms with Crippen LogP contribution >= 0.6 is 0 Å². The van der Waals surface area contributed by atoms with Gasteiger partial charge in [0, 0.05) is 18.5 Å². The van der Waals surface area contributed by atoms with E-state index in [0.717, 1.165) is 27.3 Å². The Kier molecular flexibility index (Phi) is 10.6. The number of amides is 2. The maximum Gasteiger partial charge on any atom is 0.244 e. The molecule has 9 heteroatoms. The van der Waals surface area contributed by atoms with Gasteiger partial charge in [0.25, 0.3) is 0 Å². The van der Waals surface area contributed by atoms with Crippen LogP contribution in [0.3, 0.4) is 0 Å². The van der Waals surface area contributed by atoms with Gasteiger partial charge in [-0.2, -0.15) is 0 Å². The van der Waals surface area contributed by atoms with Crippen molar-refractivity contribution in [3.63, 3.8) is 0 Å². The number of sulfonamides is 1. The molecule has 0 fully saturated rings. The van der Waals surface area contributed by atoms with Gasteiger partial charge >= 0.3 is 0 Å². The Morgan fingerprint density at radius 3 is 2.05 bits per heavy atom. The van der Waals surface area contributed by atoms with Gasteiger partial charge in [0.1, 0.15) is 18.3 Å². The molecule has 0 aliphatic heterocycles. The van der Waals surface area contributed by atoms with Crippen LogP contribution < -0.4 is 14.4 Å². The molecule has 3 aromatic rings. The number of hydrogen-bond acceptors (Lipinski definition) is 5. The number of ether oxygens (including phenoxy) is 1. The van der Waals surface area contributed by atoms with E-state index in [9.17, 15) is 18.0 Å². The molecule has 8 nitrogen and oxygen atoms in total. The summed E-state index contributed by atoms with van der Waals surface area (Å²) >= 11 is 0. The molecule has 0 radical (unpaired) electrons. The van der Waals surface area contributed by atoms with Crippen LogP contribution in [0.5, 0.6) is 5.75 Å². The number of carbonyl (C=O) groups is 2. The highest BCUT2D eigenvalue weighted by molar-refractivity contribution is 7.92. The second-order valence-corrected chi connectivity index (χ2v) is 13.1. The van der Waals surface area contributed by atoms with Crippen molar-refractivity contribution >= 4 is 27.5 Å². The third-order valence-corrected chi connectivity index (χ3v) is 7.50. The lowest BCUT2D eigenvalue weighted by atomic mass is 10.0. The van der Waals surface area contributed by atoms with Gasteiger partial charge in [-0.15, -0.1) is 0 Å². The van der Waals surface area contributed by atoms with E-state index in [1.54, 1.807) is 24.3 Å². The van der Waals surface area contributed by atoms with E-state index in [0.29, 0.717) is 18.0 Å². The maximum atomic E-state index is 14.1. The average Bonchev–Trinajstić information content (AvgIpc) is 2.90. The van der Waals surface area contributed by atoms with E-state index < -0.39 is 34.1 Å². The quantitative estimate of drug-likeness (QED) is 0.335. The number of hydrogen-bond donors (Lipinski definition) is 1. The molecular formula is C32H41N3O5S. The van der Waals surface area contributed by atoms with Crippen molar-refractivity contribution in [1.82, 2.24) is 10.2 Å². The van der Waals surface area contributed by atoms with Gasteiger partial charge in [-0.3, -0.25) is 13.9 Å². The molecule has 0 aliphatic rings. The second kappa shape index (κ2) is 13.7. The van der Waals surface area contributed by atoms with Gasteiger partial charge in [0.2, 0.25) is 21.8 Å². The van der Waals surface area contributed by atoms with E-state index >= 15 is 0 Å². The number of benzene rings is 3. The lowest BCUT2D eigenvalue weighted by Gasteiger charge is -2.35. The minimum Gasteiger partial charge on any atom is -0.494 e. The highest BCUT2D eigenvalue weighted by atomic mass is 32.2. The van der Waals surface area contributed by atoms with Crippen LogP contribution in [0.15, 0.2) is 78.9 Å². The fourth-order valence-corrected chi connectivity index (χ4v) is 5.24. The van der Waals surface area contributed by atoms with Gasteiger partial charge in [-0.1, -0.05) is 60.2 Å². The van der Waals surface area contributed by atoms with Crippen molar-refractivity contribution in [3.8, 4) is 5.75 Å². The number of anilines is 1. The predicted molar refractivity (Wildman–Crippen MR) is 163 cm³/mol. The summed E-state index contributed by atoms with van der Waals surface area (Å²) in [6.07, 6.45) is 1.33. The molecule has 0 aliphatic carbocycles. The summed E-state index contributed by atoms with van der Waals surface area (Å²) in [7, 11) is -3.84. The molecule has 41 heavy (non-hydrogen) atoms. The smallest absolute Gasteiger partial charge is 0.244 e. The van der Waals surface area contributed by atoms with Crippen LogP contribution in [0.1, 0.15) is 44.4 Å². The molecule has 1 atom stereocenters. The number of aryl methyl sites for hydroxylation is 1. The van der Waals surface area contributed by atoms with Crippen molar-refractivity contribution < 1.29 is 22.7 Å². The number of carbonyl (C=O) groups excluding carboxylic acids is 2. The molecule has 220 valence electrons. The third-order valence-electron chi connectivity index (χ3n) is 6.36. The highest BCUT2D eigenvalue weighted by Gasteiger charge is 2.34. The van der Waals surface area contributed by atoms with Crippen molar-refractivity contribution in [2.24, 2.45) is 0 Å². The van der Waals surface area contributed by atoms with Crippen molar-refractivity contribution in [1.29, 1.82) is 0 Å². The third kappa shape index (κ3) is 9.63. The Morgan fingerprint density at radius 2 is 1.51 bits per heavy atom. The van der Waals surface area contributed by atoms with Crippen LogP contribution in [0, 0.1) is 6.92 Å². The molecule has 2 amide bonds. The minimum absolute atomic E-state index is 0.134. The molecule has 0 saturated heterocycles. The highest BCUT2D eigenvalue weighted by Crippen LogP contribution is 2.23. The average molecular weight is 580 g/mol. The zero-order valence-electron chi connectivity index (χ0n) is 24.8. The molecule has 0 bridgehead atoms. The maximum absolute atomic E-state index is 14.1. The summed E-state index contributed by atoms with van der Waals surface area (Å²) in [6.45, 7) is 9.63. The first-order valence-corrected chi connectivity index (χ1v) is 15.5. The van der Waals surface area contributed by atoms with Gasteiger partial charge in [0.15, 0.2) is 0 Å². The van der Waals surface area contributed by atoms with Gasteiger partial charge in [-0.05, 0) is 70.0 Å². The summed E-state index contributed by atoms with van der Waals surface area (Å²) < 4.78 is 32.4. The van der Waals surface area contributed by atoms with E-state index in [4.69, 9.17) is 4.74 Å². The Morgan fingerprint density at radius 1 is 0.902 bits per heavy atom. The summed E-state index contributed by atoms with van der Waals surface area (Å²) in [5.74, 6) is -0.206. The Hall–Kier alpha value is -3.85. The Labute approximate surface area is 244 Å². The monoisotopic (exact) mass is 579 g/mol. The first-order valence-electron chi connectivity index (χ1n) is 13.7. The standard InChI is InChI=1S/C32H41N3O5S/c1-7-40-28-19-17-27(18-20-28)35(41(6,38)39)23-30(36)34(22-26-15-13-24(2)14-16-26)29(31(37)33-32(3,4)5)21-25-11-9-8-10-12-25/h8-20,29H,7,21-23H2,1-6H3,(H,33,37). The SMILES string of the molecule is CCOc1ccc(N(CC(=O)N(Cc2ccc(C)cc2)C(Cc2ccccc2)C(=O)NC(C)(C)C)S(C)(=O)=O)cc1. The zero-order valence-corrected chi connectivity index (χ0v) is 25.6. The number of rotatable bonds is 12. The van der Waals surface area contributed by atoms with Gasteiger partial charge in [0.05, 0.1) is 18.6 Å². The van der Waals surface area contributed by atoms with Crippen LogP contribution in [0.25, 0.3) is 0 Å². The number of nitrogens with zero attached hydrogens (tertiary/aromatic N) is 2. The van der Waals surface area contributed by atoms with Gasteiger partial charge < -0.3 is 15.0 Å². The van der Waals surface area contributed by atoms with Crippen molar-refractivity contribution in [3.05, 3.63) is 95.6 Å². The lowest BCUT2D eigenvalue weighted by Crippen LogP contribution is -2.56. The summed E-state index contributed by atoms with van der Waals surface area (Å²) in [6, 6.07) is 22.9. The summed E-state index contributed by atoms with van der Waals surface area (Å²) in [4.78, 5) is 29.4.